The molecular formula is C12H13N7OS. The third-order valence-corrected chi connectivity index (χ3v) is 3.80. The maximum Gasteiger partial charge on any atom is 0.227 e. The molecule has 0 radical (unpaired) electrons. The average Bonchev–Trinajstić information content (AvgIpc) is 3.04. The largest absolute Gasteiger partial charge is 0.324 e. The summed E-state index contributed by atoms with van der Waals surface area (Å²) in [5.41, 5.74) is 1.72. The molecule has 0 spiro atoms. The average molecular weight is 303 g/mol. The van der Waals surface area contributed by atoms with Gasteiger partial charge in [-0.3, -0.25) is 10.1 Å². The van der Waals surface area contributed by atoms with Crippen molar-refractivity contribution in [3.63, 3.8) is 0 Å². The van der Waals surface area contributed by atoms with E-state index < -0.39 is 0 Å². The van der Waals surface area contributed by atoms with E-state index in [1.807, 2.05) is 24.3 Å². The molecular weight excluding hydrogens is 290 g/mol. The van der Waals surface area contributed by atoms with Crippen molar-refractivity contribution in [3.8, 4) is 0 Å². The zero-order valence-corrected chi connectivity index (χ0v) is 12.1. The zero-order chi connectivity index (χ0) is 14.7. The van der Waals surface area contributed by atoms with Gasteiger partial charge in [-0.1, -0.05) is 23.9 Å². The molecule has 2 N–H and O–H groups in total. The van der Waals surface area contributed by atoms with Gasteiger partial charge < -0.3 is 4.98 Å². The third kappa shape index (κ3) is 3.19. The number of rotatable bonds is 5. The summed E-state index contributed by atoms with van der Waals surface area (Å²) in [5.74, 6) is 0.962. The molecule has 0 bridgehead atoms. The second-order valence-corrected chi connectivity index (χ2v) is 5.40. The van der Waals surface area contributed by atoms with E-state index in [1.165, 1.54) is 11.8 Å². The second-order valence-electron chi connectivity index (χ2n) is 4.33. The van der Waals surface area contributed by atoms with Crippen molar-refractivity contribution >= 4 is 34.7 Å². The van der Waals surface area contributed by atoms with Gasteiger partial charge in [-0.25, -0.2) is 9.67 Å². The molecule has 8 nitrogen and oxygen atoms in total. The number of imidazole rings is 1. The van der Waals surface area contributed by atoms with E-state index in [9.17, 15) is 4.79 Å². The highest BCUT2D eigenvalue weighted by molar-refractivity contribution is 7.99. The van der Waals surface area contributed by atoms with E-state index in [2.05, 4.69) is 30.8 Å². The lowest BCUT2D eigenvalue weighted by Gasteiger charge is -2.01. The first-order valence-electron chi connectivity index (χ1n) is 6.32. The normalized spacial score (nSPS) is 10.9. The number of tetrazole rings is 1. The van der Waals surface area contributed by atoms with Crippen molar-refractivity contribution in [3.05, 3.63) is 24.3 Å². The summed E-state index contributed by atoms with van der Waals surface area (Å²) in [6, 6.07) is 7.62. The number of fused-ring (bicyclic) bond motifs is 1. The molecule has 21 heavy (non-hydrogen) atoms. The van der Waals surface area contributed by atoms with Crippen LogP contribution in [0.5, 0.6) is 0 Å². The number of hydrogen-bond donors (Lipinski definition) is 2. The molecule has 9 heteroatoms. The number of aryl methyl sites for hydroxylation is 1. The van der Waals surface area contributed by atoms with Crippen LogP contribution in [0.15, 0.2) is 29.4 Å². The third-order valence-electron chi connectivity index (χ3n) is 2.79. The maximum absolute atomic E-state index is 11.9. The standard InChI is InChI=1S/C12H13N7OS/c1-19-12(16-17-18-19)21-7-6-10(20)15-11-13-8-4-2-3-5-9(8)14-11/h2-5H,6-7H2,1H3,(H2,13,14,15,20). The van der Waals surface area contributed by atoms with E-state index in [0.717, 1.165) is 11.0 Å². The first-order chi connectivity index (χ1) is 10.2. The van der Waals surface area contributed by atoms with Crippen LogP contribution in [0.3, 0.4) is 0 Å². The number of nitrogens with one attached hydrogen (secondary N) is 2. The monoisotopic (exact) mass is 303 g/mol. The number of aromatic amines is 1. The van der Waals surface area contributed by atoms with Gasteiger partial charge in [-0.15, -0.1) is 5.10 Å². The number of aromatic nitrogens is 6. The number of carbonyl (C=O) groups excluding carboxylic acids is 1. The Morgan fingerprint density at radius 3 is 3.05 bits per heavy atom. The minimum absolute atomic E-state index is 0.100. The predicted octanol–water partition coefficient (Wildman–Crippen LogP) is 1.21. The molecule has 0 saturated heterocycles. The van der Waals surface area contributed by atoms with Gasteiger partial charge in [0, 0.05) is 19.2 Å². The van der Waals surface area contributed by atoms with Crippen LogP contribution in [0.25, 0.3) is 11.0 Å². The summed E-state index contributed by atoms with van der Waals surface area (Å²) >= 11 is 1.43. The van der Waals surface area contributed by atoms with Crippen molar-refractivity contribution < 1.29 is 4.79 Å². The molecule has 0 aliphatic heterocycles. The number of anilines is 1. The fourth-order valence-electron chi connectivity index (χ4n) is 1.79. The number of carbonyl (C=O) groups is 1. The molecule has 0 aliphatic rings. The molecule has 0 aliphatic carbocycles. The molecule has 1 aromatic carbocycles. The molecule has 0 saturated carbocycles. The number of nitrogens with zero attached hydrogens (tertiary/aromatic N) is 5. The van der Waals surface area contributed by atoms with Crippen LogP contribution in [0, 0.1) is 0 Å². The highest BCUT2D eigenvalue weighted by Gasteiger charge is 2.08. The van der Waals surface area contributed by atoms with Crippen molar-refractivity contribution in [2.75, 3.05) is 11.1 Å². The molecule has 3 rings (SSSR count). The van der Waals surface area contributed by atoms with E-state index in [-0.39, 0.29) is 5.91 Å². The van der Waals surface area contributed by atoms with Crippen LogP contribution in [0.1, 0.15) is 6.42 Å². The number of para-hydroxylation sites is 2. The van der Waals surface area contributed by atoms with Crippen LogP contribution < -0.4 is 5.32 Å². The van der Waals surface area contributed by atoms with Crippen molar-refractivity contribution in [2.45, 2.75) is 11.6 Å². The number of thioether (sulfide) groups is 1. The zero-order valence-electron chi connectivity index (χ0n) is 11.3. The summed E-state index contributed by atoms with van der Waals surface area (Å²) in [4.78, 5) is 19.2. The summed E-state index contributed by atoms with van der Waals surface area (Å²) in [7, 11) is 1.76. The Bertz CT molecular complexity index is 733. The highest BCUT2D eigenvalue weighted by atomic mass is 32.2. The minimum atomic E-state index is -0.100. The fourth-order valence-corrected chi connectivity index (χ4v) is 2.57. The summed E-state index contributed by atoms with van der Waals surface area (Å²) in [6.07, 6.45) is 0.356. The van der Waals surface area contributed by atoms with E-state index in [1.54, 1.807) is 11.7 Å². The van der Waals surface area contributed by atoms with Crippen LogP contribution >= 0.6 is 11.8 Å². The summed E-state index contributed by atoms with van der Waals surface area (Å²) in [5, 5.41) is 14.5. The molecule has 2 aromatic heterocycles. The lowest BCUT2D eigenvalue weighted by atomic mass is 10.3. The van der Waals surface area contributed by atoms with Gasteiger partial charge in [0.2, 0.25) is 17.0 Å². The Kier molecular flexibility index (Phi) is 3.82. The first-order valence-corrected chi connectivity index (χ1v) is 7.31. The van der Waals surface area contributed by atoms with Gasteiger partial charge >= 0.3 is 0 Å². The van der Waals surface area contributed by atoms with E-state index in [0.29, 0.717) is 23.3 Å². The SMILES string of the molecule is Cn1nnnc1SCCC(=O)Nc1nc2ccccc2[nH]1. The molecule has 108 valence electrons. The fraction of sp³-hybridized carbons (Fsp3) is 0.250. The number of H-pyrrole nitrogens is 1. The Labute approximate surface area is 124 Å². The number of amides is 1. The van der Waals surface area contributed by atoms with Gasteiger partial charge in [-0.05, 0) is 22.6 Å². The minimum Gasteiger partial charge on any atom is -0.324 e. The Hall–Kier alpha value is -2.42. The molecule has 2 heterocycles. The maximum atomic E-state index is 11.9. The van der Waals surface area contributed by atoms with Gasteiger partial charge in [-0.2, -0.15) is 0 Å². The lowest BCUT2D eigenvalue weighted by molar-refractivity contribution is -0.115. The Morgan fingerprint density at radius 2 is 2.29 bits per heavy atom. The number of benzene rings is 1. The summed E-state index contributed by atoms with van der Waals surface area (Å²) < 4.78 is 1.57. The molecule has 3 aromatic rings. The van der Waals surface area contributed by atoms with Crippen LogP contribution in [0.4, 0.5) is 5.95 Å². The Balaban J connectivity index is 1.53. The second kappa shape index (κ2) is 5.92. The number of hydrogen-bond acceptors (Lipinski definition) is 6. The first kappa shape index (κ1) is 13.6. The molecule has 0 fully saturated rings. The topological polar surface area (TPSA) is 101 Å². The smallest absolute Gasteiger partial charge is 0.227 e. The van der Waals surface area contributed by atoms with E-state index >= 15 is 0 Å². The van der Waals surface area contributed by atoms with Crippen LogP contribution in [-0.4, -0.2) is 41.8 Å². The molecule has 1 amide bonds. The van der Waals surface area contributed by atoms with Crippen LogP contribution in [-0.2, 0) is 11.8 Å². The van der Waals surface area contributed by atoms with Gasteiger partial charge in [0.1, 0.15) is 0 Å². The quantitative estimate of drug-likeness (QED) is 0.687. The Morgan fingerprint density at radius 1 is 1.43 bits per heavy atom. The van der Waals surface area contributed by atoms with E-state index in [4.69, 9.17) is 0 Å². The predicted molar refractivity (Wildman–Crippen MR) is 78.9 cm³/mol. The molecule has 0 atom stereocenters. The van der Waals surface area contributed by atoms with Crippen molar-refractivity contribution in [1.29, 1.82) is 0 Å². The van der Waals surface area contributed by atoms with Gasteiger partial charge in [0.25, 0.3) is 0 Å². The summed E-state index contributed by atoms with van der Waals surface area (Å²) in [6.45, 7) is 0. The van der Waals surface area contributed by atoms with Gasteiger partial charge in [0.15, 0.2) is 0 Å². The lowest BCUT2D eigenvalue weighted by Crippen LogP contribution is -2.13. The van der Waals surface area contributed by atoms with Crippen molar-refractivity contribution in [1.82, 2.24) is 30.2 Å². The molecule has 0 unspecified atom stereocenters. The van der Waals surface area contributed by atoms with Gasteiger partial charge in [0.05, 0.1) is 11.0 Å². The van der Waals surface area contributed by atoms with Crippen molar-refractivity contribution in [2.24, 2.45) is 7.05 Å². The van der Waals surface area contributed by atoms with Crippen LogP contribution in [0.2, 0.25) is 0 Å². The highest BCUT2D eigenvalue weighted by Crippen LogP contribution is 2.15.